The summed E-state index contributed by atoms with van der Waals surface area (Å²) >= 11 is 0. The van der Waals surface area contributed by atoms with Crippen molar-refractivity contribution >= 4 is 11.9 Å². The summed E-state index contributed by atoms with van der Waals surface area (Å²) < 4.78 is 21.4. The van der Waals surface area contributed by atoms with Crippen LogP contribution in [0.4, 0.5) is 0 Å². The van der Waals surface area contributed by atoms with Gasteiger partial charge in [0.1, 0.15) is 6.10 Å². The van der Waals surface area contributed by atoms with Gasteiger partial charge in [0.25, 0.3) is 0 Å². The second kappa shape index (κ2) is 14.9. The van der Waals surface area contributed by atoms with E-state index in [1.807, 2.05) is 45.9 Å². The van der Waals surface area contributed by atoms with Gasteiger partial charge in [-0.3, -0.25) is 9.59 Å². The molecule has 0 aromatic carbocycles. The number of hydrogen-bond acceptors (Lipinski definition) is 8. The molecule has 1 aliphatic carbocycles. The molecule has 0 bridgehead atoms. The molecule has 0 fully saturated rings. The number of hydrogen-bond donors (Lipinski definition) is 2. The minimum atomic E-state index is -0.680. The van der Waals surface area contributed by atoms with Gasteiger partial charge in [-0.15, -0.1) is 0 Å². The first-order valence-electron chi connectivity index (χ1n) is 12.0. The Labute approximate surface area is 210 Å². The zero-order chi connectivity index (χ0) is 26.5. The Morgan fingerprint density at radius 1 is 1.14 bits per heavy atom. The average molecular weight is 494 g/mol. The fourth-order valence-electron chi connectivity index (χ4n) is 2.81. The van der Waals surface area contributed by atoms with E-state index in [4.69, 9.17) is 18.9 Å². The van der Waals surface area contributed by atoms with E-state index in [0.717, 1.165) is 5.57 Å². The van der Waals surface area contributed by atoms with E-state index in [9.17, 15) is 14.7 Å². The summed E-state index contributed by atoms with van der Waals surface area (Å²) in [5.74, 6) is -1.07. The van der Waals surface area contributed by atoms with Crippen molar-refractivity contribution in [2.45, 2.75) is 72.6 Å². The molecule has 0 saturated carbocycles. The summed E-state index contributed by atoms with van der Waals surface area (Å²) in [6.07, 6.45) is 10.9. The number of aliphatic hydroxyl groups excluding tert-OH is 1. The maximum absolute atomic E-state index is 12.3. The molecular weight excluding hydrogens is 450 g/mol. The van der Waals surface area contributed by atoms with Crippen LogP contribution in [0.3, 0.4) is 0 Å². The van der Waals surface area contributed by atoms with E-state index in [1.165, 1.54) is 6.26 Å². The Bertz CT molecular complexity index is 784. The van der Waals surface area contributed by atoms with Crippen molar-refractivity contribution in [3.8, 4) is 0 Å². The first kappa shape index (κ1) is 30.6. The molecule has 0 aliphatic heterocycles. The van der Waals surface area contributed by atoms with Crippen LogP contribution in [0.1, 0.15) is 54.9 Å². The molecule has 35 heavy (non-hydrogen) atoms. The number of β-amino-alcohol motifs (C(OH)–C–C–N with tert-alkyl or cyclic N) is 1. The lowest BCUT2D eigenvalue weighted by atomic mass is 9.96. The zero-order valence-electron chi connectivity index (χ0n) is 22.2. The lowest BCUT2D eigenvalue weighted by Crippen LogP contribution is -2.42. The van der Waals surface area contributed by atoms with E-state index in [2.05, 4.69) is 5.32 Å². The van der Waals surface area contributed by atoms with E-state index in [1.54, 1.807) is 39.0 Å². The van der Waals surface area contributed by atoms with Crippen LogP contribution in [0.2, 0.25) is 0 Å². The number of ether oxygens (including phenoxy) is 4. The highest BCUT2D eigenvalue weighted by molar-refractivity contribution is 5.75. The Morgan fingerprint density at radius 3 is 2.49 bits per heavy atom. The molecule has 0 amide bonds. The summed E-state index contributed by atoms with van der Waals surface area (Å²) in [5.41, 5.74) is -0.0229. The van der Waals surface area contributed by atoms with Gasteiger partial charge in [-0.05, 0) is 72.3 Å². The first-order chi connectivity index (χ1) is 16.3. The third kappa shape index (κ3) is 13.9. The number of carbonyl (C=O) groups excluding carboxylic acids is 2. The van der Waals surface area contributed by atoms with Gasteiger partial charge >= 0.3 is 11.9 Å². The Balaban J connectivity index is 2.89. The highest BCUT2D eigenvalue weighted by Crippen LogP contribution is 2.18. The normalized spacial score (nSPS) is 20.5. The van der Waals surface area contributed by atoms with Crippen molar-refractivity contribution in [3.63, 3.8) is 0 Å². The minimum Gasteiger partial charge on any atom is -0.502 e. The topological polar surface area (TPSA) is 103 Å². The molecule has 8 nitrogen and oxygen atoms in total. The van der Waals surface area contributed by atoms with Crippen LogP contribution in [0, 0.1) is 11.3 Å². The summed E-state index contributed by atoms with van der Waals surface area (Å²) in [7, 11) is 0. The van der Waals surface area contributed by atoms with Crippen LogP contribution in [0.5, 0.6) is 0 Å². The number of nitrogens with one attached hydrogen (secondary N) is 1. The molecule has 0 radical (unpaired) electrons. The molecule has 3 unspecified atom stereocenters. The number of esters is 2. The van der Waals surface area contributed by atoms with E-state index < -0.39 is 23.6 Å². The molecule has 198 valence electrons. The predicted octanol–water partition coefficient (Wildman–Crippen LogP) is 3.82. The van der Waals surface area contributed by atoms with E-state index in [-0.39, 0.29) is 37.2 Å². The minimum absolute atomic E-state index is 0.0736. The lowest BCUT2D eigenvalue weighted by molar-refractivity contribution is -0.165. The van der Waals surface area contributed by atoms with Gasteiger partial charge in [-0.2, -0.15) is 0 Å². The van der Waals surface area contributed by atoms with E-state index >= 15 is 0 Å². The van der Waals surface area contributed by atoms with Crippen molar-refractivity contribution in [2.75, 3.05) is 26.6 Å². The molecule has 1 rings (SSSR count). The molecule has 0 heterocycles. The molecule has 8 heteroatoms. The largest absolute Gasteiger partial charge is 0.502 e. The lowest BCUT2D eigenvalue weighted by Gasteiger charge is -2.26. The van der Waals surface area contributed by atoms with Crippen molar-refractivity contribution in [1.29, 1.82) is 0 Å². The average Bonchev–Trinajstić information content (AvgIpc) is 2.74. The van der Waals surface area contributed by atoms with Crippen LogP contribution in [-0.2, 0) is 28.5 Å². The summed E-state index contributed by atoms with van der Waals surface area (Å²) in [6.45, 7) is 14.1. The number of rotatable bonds is 12. The molecule has 0 aromatic rings. The Kier molecular flexibility index (Phi) is 13.0. The van der Waals surface area contributed by atoms with Crippen LogP contribution in [0.15, 0.2) is 48.3 Å². The standard InChI is InChI=1S/C27H43NO7/c1-8-32-15-9-10-24(30)35-22-14-13-21(23(29)17-28-27(5,6)7)12-11-20(16-22)18-33-19-34-25(31)26(2,3)4/h9,11-16,21-23,28-29H,8,10,17-19H2,1-7H3/b12-11?,14-13-,15-9-,20-16?. The molecule has 0 spiro atoms. The van der Waals surface area contributed by atoms with Gasteiger partial charge in [0, 0.05) is 18.0 Å². The van der Waals surface area contributed by atoms with Crippen LogP contribution in [0.25, 0.3) is 0 Å². The van der Waals surface area contributed by atoms with Gasteiger partial charge in [-0.1, -0.05) is 18.2 Å². The highest BCUT2D eigenvalue weighted by Gasteiger charge is 2.23. The number of carbonyl (C=O) groups is 2. The molecule has 2 N–H and O–H groups in total. The monoisotopic (exact) mass is 493 g/mol. The smallest absolute Gasteiger partial charge is 0.313 e. The molecule has 1 aliphatic rings. The van der Waals surface area contributed by atoms with Crippen molar-refractivity contribution < 1.29 is 33.6 Å². The molecule has 0 saturated heterocycles. The fraction of sp³-hybridized carbons (Fsp3) is 0.630. The highest BCUT2D eigenvalue weighted by atomic mass is 16.7. The Hall–Kier alpha value is -2.42. The maximum atomic E-state index is 12.3. The van der Waals surface area contributed by atoms with Crippen molar-refractivity contribution in [2.24, 2.45) is 11.3 Å². The van der Waals surface area contributed by atoms with Gasteiger partial charge in [0.2, 0.25) is 0 Å². The van der Waals surface area contributed by atoms with Gasteiger partial charge in [0.05, 0.1) is 37.4 Å². The molecular formula is C27H43NO7. The van der Waals surface area contributed by atoms with Gasteiger partial charge < -0.3 is 29.4 Å². The van der Waals surface area contributed by atoms with Gasteiger partial charge in [0.15, 0.2) is 6.79 Å². The summed E-state index contributed by atoms with van der Waals surface area (Å²) in [4.78, 5) is 24.2. The van der Waals surface area contributed by atoms with E-state index in [0.29, 0.717) is 13.2 Å². The summed E-state index contributed by atoms with van der Waals surface area (Å²) in [5, 5.41) is 14.0. The van der Waals surface area contributed by atoms with Gasteiger partial charge in [-0.25, -0.2) is 0 Å². The third-order valence-electron chi connectivity index (χ3n) is 4.79. The second-order valence-electron chi connectivity index (χ2n) is 10.4. The molecule has 3 atom stereocenters. The zero-order valence-corrected chi connectivity index (χ0v) is 22.2. The quantitative estimate of drug-likeness (QED) is 0.139. The van der Waals surface area contributed by atoms with Crippen LogP contribution in [-0.4, -0.2) is 61.3 Å². The number of aliphatic hydroxyl groups is 1. The summed E-state index contributed by atoms with van der Waals surface area (Å²) in [6, 6.07) is 0. The molecule has 0 aromatic heterocycles. The first-order valence-corrected chi connectivity index (χ1v) is 12.0. The SMILES string of the molecule is CCO/C=C\CC(=O)OC1C=C(COCOC(=O)C(C)(C)C)C=CC(C(O)CNC(C)(C)C)/C=C\1. The maximum Gasteiger partial charge on any atom is 0.313 e. The van der Waals surface area contributed by atoms with Crippen LogP contribution < -0.4 is 5.32 Å². The Morgan fingerprint density at radius 2 is 1.86 bits per heavy atom. The fourth-order valence-corrected chi connectivity index (χ4v) is 2.81. The third-order valence-corrected chi connectivity index (χ3v) is 4.79. The predicted molar refractivity (Wildman–Crippen MR) is 135 cm³/mol. The van der Waals surface area contributed by atoms with Crippen molar-refractivity contribution in [1.82, 2.24) is 5.32 Å². The second-order valence-corrected chi connectivity index (χ2v) is 10.4. The van der Waals surface area contributed by atoms with Crippen molar-refractivity contribution in [3.05, 3.63) is 48.3 Å². The van der Waals surface area contributed by atoms with Crippen LogP contribution >= 0.6 is 0 Å².